The minimum Gasteiger partial charge on any atom is -0.675 e. The Bertz CT molecular complexity index is 1040. The number of ether oxygens (including phenoxy) is 3. The SMILES string of the molecule is CCC(Oc1ncc(Cl)cc1Cl)C(=O)NCc1cccc(NO)c1.COC(=O)CCN1CCOC(C[NH-])C1.[Y]. The first-order valence-corrected chi connectivity index (χ1v) is 12.8. The maximum atomic E-state index is 12.3. The number of hydrogen-bond donors (Lipinski definition) is 3. The van der Waals surface area contributed by atoms with E-state index in [1.807, 2.05) is 13.0 Å². The van der Waals surface area contributed by atoms with Gasteiger partial charge in [0.2, 0.25) is 5.88 Å². The first-order valence-electron chi connectivity index (χ1n) is 12.1. The number of carbonyl (C=O) groups excluding carboxylic acids is 2. The predicted octanol–water partition coefficient (Wildman–Crippen LogP) is 3.96. The monoisotopic (exact) mass is 659 g/mol. The number of methoxy groups -OCH3 is 1. The molecular weight excluding hydrogens is 626 g/mol. The van der Waals surface area contributed by atoms with Crippen LogP contribution in [0.25, 0.3) is 5.73 Å². The number of aromatic nitrogens is 1. The molecule has 14 heteroatoms. The molecule has 2 unspecified atom stereocenters. The topological polar surface area (TPSA) is 146 Å². The molecule has 0 saturated carbocycles. The number of rotatable bonds is 11. The zero-order valence-corrected chi connectivity index (χ0v) is 26.3. The molecule has 1 aliphatic rings. The second-order valence-corrected chi connectivity index (χ2v) is 9.15. The van der Waals surface area contributed by atoms with Crippen molar-refractivity contribution >= 4 is 40.8 Å². The van der Waals surface area contributed by atoms with Gasteiger partial charge in [0.1, 0.15) is 5.02 Å². The summed E-state index contributed by atoms with van der Waals surface area (Å²) in [5, 5.41) is 12.3. The molecule has 11 nitrogen and oxygen atoms in total. The number of benzene rings is 1. The Morgan fingerprint density at radius 2 is 2.10 bits per heavy atom. The molecule has 0 bridgehead atoms. The Labute approximate surface area is 263 Å². The van der Waals surface area contributed by atoms with Gasteiger partial charge in [0.25, 0.3) is 5.91 Å². The predicted molar refractivity (Wildman–Crippen MR) is 145 cm³/mol. The van der Waals surface area contributed by atoms with E-state index in [-0.39, 0.29) is 68.1 Å². The van der Waals surface area contributed by atoms with Crippen LogP contribution in [0.1, 0.15) is 25.3 Å². The van der Waals surface area contributed by atoms with E-state index >= 15 is 0 Å². The second kappa shape index (κ2) is 19.5. The van der Waals surface area contributed by atoms with Crippen LogP contribution in [0.15, 0.2) is 36.5 Å². The summed E-state index contributed by atoms with van der Waals surface area (Å²) in [5.74, 6) is -0.305. The van der Waals surface area contributed by atoms with Gasteiger partial charge in [0.15, 0.2) is 6.10 Å². The van der Waals surface area contributed by atoms with E-state index in [4.69, 9.17) is 43.6 Å². The van der Waals surface area contributed by atoms with E-state index in [1.165, 1.54) is 19.4 Å². The molecular formula is C25H34Cl2N5O6Y-. The third kappa shape index (κ3) is 13.1. The number of amides is 1. The number of halogens is 2. The van der Waals surface area contributed by atoms with Crippen molar-refractivity contribution in [1.29, 1.82) is 0 Å². The van der Waals surface area contributed by atoms with Gasteiger partial charge in [-0.05, 0) is 30.2 Å². The van der Waals surface area contributed by atoms with Crippen molar-refractivity contribution in [2.24, 2.45) is 0 Å². The molecule has 2 aromatic rings. The Kier molecular flexibility index (Phi) is 17.7. The molecule has 1 radical (unpaired) electrons. The van der Waals surface area contributed by atoms with E-state index in [9.17, 15) is 9.59 Å². The molecule has 0 aliphatic carbocycles. The molecule has 4 N–H and O–H groups in total. The van der Waals surface area contributed by atoms with Gasteiger partial charge in [-0.1, -0.05) is 42.3 Å². The zero-order valence-electron chi connectivity index (χ0n) is 22.0. The number of carbonyl (C=O) groups is 2. The maximum Gasteiger partial charge on any atom is 0.306 e. The summed E-state index contributed by atoms with van der Waals surface area (Å²) in [5.41, 5.74) is 10.6. The smallest absolute Gasteiger partial charge is 0.306 e. The molecule has 2 heterocycles. The van der Waals surface area contributed by atoms with Crippen molar-refractivity contribution < 1.29 is 61.7 Å². The molecule has 1 saturated heterocycles. The van der Waals surface area contributed by atoms with Gasteiger partial charge in [0, 0.05) is 65.1 Å². The van der Waals surface area contributed by atoms with Crippen LogP contribution in [-0.2, 0) is 58.3 Å². The normalized spacial score (nSPS) is 15.6. The molecule has 0 spiro atoms. The fourth-order valence-electron chi connectivity index (χ4n) is 3.46. The zero-order chi connectivity index (χ0) is 27.9. The van der Waals surface area contributed by atoms with E-state index in [0.29, 0.717) is 43.2 Å². The third-order valence-electron chi connectivity index (χ3n) is 5.52. The van der Waals surface area contributed by atoms with E-state index < -0.39 is 6.10 Å². The number of nitrogens with zero attached hydrogens (tertiary/aromatic N) is 2. The number of anilines is 1. The van der Waals surface area contributed by atoms with Crippen molar-refractivity contribution in [1.82, 2.24) is 15.2 Å². The van der Waals surface area contributed by atoms with Crippen LogP contribution in [0.4, 0.5) is 5.69 Å². The summed E-state index contributed by atoms with van der Waals surface area (Å²) in [6.45, 7) is 5.36. The molecule has 1 aliphatic heterocycles. The van der Waals surface area contributed by atoms with Gasteiger partial charge in [0.05, 0.1) is 37.0 Å². The molecule has 1 fully saturated rings. The van der Waals surface area contributed by atoms with Gasteiger partial charge in [-0.2, -0.15) is 0 Å². The fraction of sp³-hybridized carbons (Fsp3) is 0.480. The van der Waals surface area contributed by atoms with Crippen LogP contribution >= 0.6 is 23.2 Å². The molecule has 1 aromatic heterocycles. The number of pyridine rings is 1. The molecule has 1 amide bonds. The first kappa shape index (κ1) is 35.5. The van der Waals surface area contributed by atoms with Crippen LogP contribution in [-0.4, -0.2) is 79.1 Å². The van der Waals surface area contributed by atoms with Crippen LogP contribution in [0.2, 0.25) is 10.0 Å². The summed E-state index contributed by atoms with van der Waals surface area (Å²) in [6, 6.07) is 8.53. The van der Waals surface area contributed by atoms with Gasteiger partial charge in [-0.3, -0.25) is 25.2 Å². The summed E-state index contributed by atoms with van der Waals surface area (Å²) in [6.07, 6.45) is 1.55. The Balaban J connectivity index is 0.000000434. The summed E-state index contributed by atoms with van der Waals surface area (Å²) in [7, 11) is 1.40. The summed E-state index contributed by atoms with van der Waals surface area (Å²) < 4.78 is 15.5. The molecule has 3 rings (SSSR count). The Morgan fingerprint density at radius 1 is 1.33 bits per heavy atom. The summed E-state index contributed by atoms with van der Waals surface area (Å²) in [4.78, 5) is 29.3. The maximum absolute atomic E-state index is 12.3. The number of nitrogens with one attached hydrogen (secondary N) is 3. The largest absolute Gasteiger partial charge is 0.675 e. The van der Waals surface area contributed by atoms with Crippen molar-refractivity contribution in [3.63, 3.8) is 0 Å². The first-order chi connectivity index (χ1) is 18.3. The van der Waals surface area contributed by atoms with Gasteiger partial charge < -0.3 is 25.3 Å². The number of morpholine rings is 1. The standard InChI is InChI=1S/C16H17Cl2N3O3.C9H17N2O3.Y/c1-2-14(24-16-13(18)7-11(17)9-20-16)15(22)19-8-10-4-3-5-12(6-10)21-23;1-13-9(12)2-3-11-4-5-14-8(6-10)7-11;/h3-7,9,14,21,23H,2,8H2,1H3,(H,19,22);8,10H,2-7H2,1H3;/q;-1;. The molecule has 2 atom stereocenters. The molecule has 1 aromatic carbocycles. The van der Waals surface area contributed by atoms with E-state index in [1.54, 1.807) is 18.2 Å². The number of esters is 1. The van der Waals surface area contributed by atoms with Crippen molar-refractivity contribution in [3.05, 3.63) is 57.9 Å². The quantitative estimate of drug-likeness (QED) is 0.241. The number of hydrogen-bond acceptors (Lipinski definition) is 9. The average molecular weight is 660 g/mol. The minimum absolute atomic E-state index is 0. The fourth-order valence-corrected chi connectivity index (χ4v) is 3.88. The van der Waals surface area contributed by atoms with Crippen LogP contribution in [0, 0.1) is 0 Å². The van der Waals surface area contributed by atoms with E-state index in [0.717, 1.165) is 18.7 Å². The second-order valence-electron chi connectivity index (χ2n) is 8.31. The Hall–Kier alpha value is -1.57. The van der Waals surface area contributed by atoms with Gasteiger partial charge in [-0.15, -0.1) is 6.54 Å². The molecule has 213 valence electrons. The van der Waals surface area contributed by atoms with Gasteiger partial charge in [-0.25, -0.2) is 4.98 Å². The van der Waals surface area contributed by atoms with E-state index in [2.05, 4.69) is 25.4 Å². The van der Waals surface area contributed by atoms with Crippen molar-refractivity contribution in [2.45, 2.75) is 38.5 Å². The van der Waals surface area contributed by atoms with Crippen molar-refractivity contribution in [3.8, 4) is 5.88 Å². The minimum atomic E-state index is -0.727. The Morgan fingerprint density at radius 3 is 2.74 bits per heavy atom. The van der Waals surface area contributed by atoms with Crippen LogP contribution < -0.4 is 15.5 Å². The third-order valence-corrected chi connectivity index (χ3v) is 6.00. The average Bonchev–Trinajstić information content (AvgIpc) is 2.94. The van der Waals surface area contributed by atoms with Crippen LogP contribution in [0.5, 0.6) is 5.88 Å². The summed E-state index contributed by atoms with van der Waals surface area (Å²) >= 11 is 11.8. The molecule has 39 heavy (non-hydrogen) atoms. The van der Waals surface area contributed by atoms with Gasteiger partial charge >= 0.3 is 5.97 Å². The van der Waals surface area contributed by atoms with Crippen LogP contribution in [0.3, 0.4) is 0 Å². The van der Waals surface area contributed by atoms with Crippen molar-refractivity contribution in [2.75, 3.05) is 45.4 Å².